The summed E-state index contributed by atoms with van der Waals surface area (Å²) in [4.78, 5) is 20.4. The van der Waals surface area contributed by atoms with E-state index in [0.29, 0.717) is 5.92 Å². The maximum atomic E-state index is 10.9. The summed E-state index contributed by atoms with van der Waals surface area (Å²) >= 11 is 0. The molecule has 8 heteroatoms. The van der Waals surface area contributed by atoms with Crippen LogP contribution in [-0.4, -0.2) is 63.4 Å². The Morgan fingerprint density at radius 2 is 1.88 bits per heavy atom. The number of hydrogen-bond acceptors (Lipinski definition) is 5. The van der Waals surface area contributed by atoms with Crippen molar-refractivity contribution in [3.8, 4) is 0 Å². The van der Waals surface area contributed by atoms with Gasteiger partial charge < -0.3 is 15.1 Å². The van der Waals surface area contributed by atoms with E-state index in [1.54, 1.807) is 10.8 Å². The molecule has 0 amide bonds. The molecule has 1 aliphatic heterocycles. The van der Waals surface area contributed by atoms with E-state index >= 15 is 0 Å². The van der Waals surface area contributed by atoms with Gasteiger partial charge in [0.2, 0.25) is 0 Å². The number of aliphatic carboxylic acids is 2. The molecule has 1 saturated heterocycles. The number of carbonyl (C=O) groups is 2. The zero-order valence-electron chi connectivity index (χ0n) is 9.08. The van der Waals surface area contributed by atoms with Gasteiger partial charge in [-0.1, -0.05) is 10.8 Å². The first-order valence-corrected chi connectivity index (χ1v) is 7.27. The molecule has 0 radical (unpaired) electrons. The summed E-state index contributed by atoms with van der Waals surface area (Å²) in [6.45, 7) is 1.08. The fraction of sp³-hybridized carbons (Fsp3) is 0.750. The van der Waals surface area contributed by atoms with Crippen molar-refractivity contribution in [2.75, 3.05) is 32.1 Å². The molecule has 2 atom stereocenters. The summed E-state index contributed by atoms with van der Waals surface area (Å²) < 4.78 is 10.9. The maximum Gasteiger partial charge on any atom is 0.414 e. The van der Waals surface area contributed by atoms with Gasteiger partial charge in [-0.25, -0.2) is 13.8 Å². The van der Waals surface area contributed by atoms with Gasteiger partial charge in [0, 0.05) is 18.1 Å². The molecule has 1 rings (SSSR count). The smallest absolute Gasteiger partial charge is 0.414 e. The highest BCUT2D eigenvalue weighted by Crippen LogP contribution is 2.24. The molecule has 0 bridgehead atoms. The van der Waals surface area contributed by atoms with Crippen molar-refractivity contribution < 1.29 is 24.0 Å². The van der Waals surface area contributed by atoms with E-state index in [1.807, 2.05) is 0 Å². The normalized spacial score (nSPS) is 23.7. The van der Waals surface area contributed by atoms with Gasteiger partial charge in [-0.15, -0.1) is 0 Å². The Kier molecular flexibility index (Phi) is 7.35. The van der Waals surface area contributed by atoms with Gasteiger partial charge in [-0.05, 0) is 20.0 Å². The first-order valence-electron chi connectivity index (χ1n) is 4.45. The van der Waals surface area contributed by atoms with Gasteiger partial charge in [0.05, 0.1) is 9.83 Å². The maximum absolute atomic E-state index is 10.9. The number of rotatable bonds is 2. The minimum absolute atomic E-state index is 0.579. The van der Waals surface area contributed by atoms with Crippen LogP contribution in [0.4, 0.5) is 0 Å². The second-order valence-corrected chi connectivity index (χ2v) is 6.83. The summed E-state index contributed by atoms with van der Waals surface area (Å²) in [5.74, 6) is -1.03. The van der Waals surface area contributed by atoms with E-state index in [4.69, 9.17) is 19.8 Å². The molecule has 2 N–H and O–H groups in total. The van der Waals surface area contributed by atoms with Gasteiger partial charge in [0.1, 0.15) is 0 Å². The molecule has 0 saturated carbocycles. The van der Waals surface area contributed by atoms with Gasteiger partial charge in [0.25, 0.3) is 0 Å². The van der Waals surface area contributed by atoms with Crippen molar-refractivity contribution in [3.05, 3.63) is 0 Å². The Labute approximate surface area is 99.9 Å². The molecule has 1 aliphatic rings. The molecule has 0 aromatic rings. The lowest BCUT2D eigenvalue weighted by molar-refractivity contribution is -0.159. The van der Waals surface area contributed by atoms with Gasteiger partial charge in [-0.2, -0.15) is 0 Å². The van der Waals surface area contributed by atoms with Crippen LogP contribution in [0, 0.1) is 5.92 Å². The average molecular weight is 269 g/mol. The fourth-order valence-corrected chi connectivity index (χ4v) is 4.40. The molecule has 0 aliphatic carbocycles. The predicted molar refractivity (Wildman–Crippen MR) is 62.8 cm³/mol. The number of nitrogens with zero attached hydrogens (tertiary/aromatic N) is 1. The van der Waals surface area contributed by atoms with Crippen molar-refractivity contribution in [3.63, 3.8) is 0 Å². The zero-order chi connectivity index (χ0) is 12.7. The Morgan fingerprint density at radius 3 is 2.12 bits per heavy atom. The topological polar surface area (TPSA) is 94.9 Å². The second kappa shape index (κ2) is 7.64. The molecular formula is C8H15NO5S2. The van der Waals surface area contributed by atoms with E-state index in [9.17, 15) is 4.21 Å². The van der Waals surface area contributed by atoms with Crippen LogP contribution in [0.1, 0.15) is 0 Å². The van der Waals surface area contributed by atoms with E-state index in [-0.39, 0.29) is 0 Å². The van der Waals surface area contributed by atoms with Crippen LogP contribution in [0.2, 0.25) is 0 Å². The third-order valence-electron chi connectivity index (χ3n) is 1.61. The molecule has 94 valence electrons. The minimum atomic E-state index is -1.82. The van der Waals surface area contributed by atoms with Crippen LogP contribution >= 0.6 is 10.8 Å². The van der Waals surface area contributed by atoms with Crippen LogP contribution in [0.15, 0.2) is 0 Å². The molecule has 6 nitrogen and oxygen atoms in total. The van der Waals surface area contributed by atoms with Crippen molar-refractivity contribution in [1.82, 2.24) is 4.90 Å². The lowest BCUT2D eigenvalue weighted by Gasteiger charge is -2.13. The third-order valence-corrected chi connectivity index (χ3v) is 4.83. The molecule has 2 unspecified atom stereocenters. The number of carboxylic acids is 2. The quantitative estimate of drug-likeness (QED) is 0.526. The molecule has 0 aromatic heterocycles. The van der Waals surface area contributed by atoms with E-state index in [0.717, 1.165) is 18.1 Å². The summed E-state index contributed by atoms with van der Waals surface area (Å²) in [5, 5.41) is 14.8. The molecular weight excluding hydrogens is 254 g/mol. The van der Waals surface area contributed by atoms with Gasteiger partial charge in [0.15, 0.2) is 0 Å². The Morgan fingerprint density at radius 1 is 1.38 bits per heavy atom. The van der Waals surface area contributed by atoms with Crippen molar-refractivity contribution in [2.24, 2.45) is 5.92 Å². The molecule has 1 heterocycles. The summed E-state index contributed by atoms with van der Waals surface area (Å²) in [7, 11) is 5.14. The fourth-order valence-electron chi connectivity index (χ4n) is 1.08. The predicted octanol–water partition coefficient (Wildman–Crippen LogP) is -0.270. The van der Waals surface area contributed by atoms with Crippen molar-refractivity contribution >= 4 is 32.6 Å². The average Bonchev–Trinajstić information content (AvgIpc) is 2.50. The van der Waals surface area contributed by atoms with Crippen LogP contribution in [0.5, 0.6) is 0 Å². The highest BCUT2D eigenvalue weighted by Gasteiger charge is 2.21. The lowest BCUT2D eigenvalue weighted by atomic mass is 10.2. The van der Waals surface area contributed by atoms with Crippen LogP contribution in [-0.2, 0) is 19.4 Å². The largest absolute Gasteiger partial charge is 0.473 e. The first kappa shape index (κ1) is 15.4. The SMILES string of the molecule is CN(C)CC1CSS(=O)C1.O=C(O)C(=O)O. The highest BCUT2D eigenvalue weighted by atomic mass is 33.1. The highest BCUT2D eigenvalue weighted by molar-refractivity contribution is 8.69. The molecule has 16 heavy (non-hydrogen) atoms. The third kappa shape index (κ3) is 7.66. The minimum Gasteiger partial charge on any atom is -0.473 e. The molecule has 0 spiro atoms. The Hall–Kier alpha value is -0.600. The summed E-state index contributed by atoms with van der Waals surface area (Å²) in [6, 6.07) is 0. The van der Waals surface area contributed by atoms with E-state index < -0.39 is 21.8 Å². The van der Waals surface area contributed by atoms with Crippen LogP contribution < -0.4 is 0 Å². The van der Waals surface area contributed by atoms with Crippen LogP contribution in [0.3, 0.4) is 0 Å². The summed E-state index contributed by atoms with van der Waals surface area (Å²) in [6.07, 6.45) is 0. The van der Waals surface area contributed by atoms with E-state index in [1.165, 1.54) is 0 Å². The Bertz CT molecular complexity index is 270. The van der Waals surface area contributed by atoms with Gasteiger partial charge in [-0.3, -0.25) is 0 Å². The monoisotopic (exact) mass is 269 g/mol. The van der Waals surface area contributed by atoms with Crippen LogP contribution in [0.25, 0.3) is 0 Å². The molecule has 0 aromatic carbocycles. The van der Waals surface area contributed by atoms with Crippen molar-refractivity contribution in [2.45, 2.75) is 0 Å². The van der Waals surface area contributed by atoms with E-state index in [2.05, 4.69) is 19.0 Å². The standard InChI is InChI=1S/C6H13NOS2.C2H2O4/c1-7(2)3-6-4-9-10(8)5-6;3-1(4)2(5)6/h6H,3-5H2,1-2H3;(H,3,4)(H,5,6). The van der Waals surface area contributed by atoms with Gasteiger partial charge >= 0.3 is 11.9 Å². The lowest BCUT2D eigenvalue weighted by Crippen LogP contribution is -2.23. The second-order valence-electron chi connectivity index (χ2n) is 3.49. The summed E-state index contributed by atoms with van der Waals surface area (Å²) in [5.41, 5.74) is 0. The van der Waals surface area contributed by atoms with Crippen molar-refractivity contribution in [1.29, 1.82) is 0 Å². The zero-order valence-corrected chi connectivity index (χ0v) is 10.7. The Balaban J connectivity index is 0.000000325. The number of carboxylic acid groups (broad SMARTS) is 2. The molecule has 1 fully saturated rings. The number of hydrogen-bond donors (Lipinski definition) is 2. The first-order chi connectivity index (χ1) is 7.32.